The van der Waals surface area contributed by atoms with Gasteiger partial charge in [0.05, 0.1) is 4.90 Å². The highest BCUT2D eigenvalue weighted by Crippen LogP contribution is 2.31. The smallest absolute Gasteiger partial charge is 0.137 e. The zero-order chi connectivity index (χ0) is 14.6. The summed E-state index contributed by atoms with van der Waals surface area (Å²) in [4.78, 5) is 4.88. The Kier molecular flexibility index (Phi) is 4.78. The molecule has 1 heterocycles. The van der Waals surface area contributed by atoms with E-state index in [9.17, 15) is 4.39 Å². The summed E-state index contributed by atoms with van der Waals surface area (Å²) in [6.07, 6.45) is 1.72. The maximum absolute atomic E-state index is 14.1. The molecule has 0 radical (unpaired) electrons. The van der Waals surface area contributed by atoms with E-state index < -0.39 is 0 Å². The molecule has 0 atom stereocenters. The summed E-state index contributed by atoms with van der Waals surface area (Å²) < 4.78 is 14.1. The predicted molar refractivity (Wildman–Crippen MR) is 81.4 cm³/mol. The Balaban J connectivity index is 2.22. The van der Waals surface area contributed by atoms with Crippen molar-refractivity contribution < 1.29 is 4.39 Å². The first-order valence-electron chi connectivity index (χ1n) is 6.57. The Morgan fingerprint density at radius 1 is 1.15 bits per heavy atom. The molecule has 2 nitrogen and oxygen atoms in total. The van der Waals surface area contributed by atoms with Crippen LogP contribution in [0.15, 0.2) is 52.5 Å². The van der Waals surface area contributed by atoms with Crippen LogP contribution in [0, 0.1) is 5.82 Å². The third kappa shape index (κ3) is 4.32. The molecule has 0 unspecified atom stereocenters. The van der Waals surface area contributed by atoms with Crippen LogP contribution >= 0.6 is 11.8 Å². The maximum atomic E-state index is 14.1. The lowest BCUT2D eigenvalue weighted by molar-refractivity contribution is 0.421. The molecule has 0 aliphatic rings. The van der Waals surface area contributed by atoms with E-state index in [1.165, 1.54) is 17.8 Å². The molecule has 1 N–H and O–H groups in total. The second kappa shape index (κ2) is 6.37. The van der Waals surface area contributed by atoms with Crippen molar-refractivity contribution in [1.29, 1.82) is 0 Å². The van der Waals surface area contributed by atoms with E-state index in [0.29, 0.717) is 11.4 Å². The first kappa shape index (κ1) is 15.0. The number of halogens is 1. The molecule has 106 valence electrons. The lowest BCUT2D eigenvalue weighted by Crippen LogP contribution is -2.35. The van der Waals surface area contributed by atoms with Crippen molar-refractivity contribution in [2.75, 3.05) is 0 Å². The van der Waals surface area contributed by atoms with Gasteiger partial charge in [0, 0.05) is 18.3 Å². The standard InChI is InChI=1S/C16H19FN2S/c1-16(2,3)19-11-12-7-6-8-13(17)15(12)20-14-9-4-5-10-18-14/h4-10,19H,11H2,1-3H3. The van der Waals surface area contributed by atoms with Crippen molar-refractivity contribution in [3.05, 3.63) is 54.0 Å². The van der Waals surface area contributed by atoms with E-state index in [4.69, 9.17) is 0 Å². The van der Waals surface area contributed by atoms with Crippen LogP contribution in [-0.2, 0) is 6.54 Å². The van der Waals surface area contributed by atoms with Crippen molar-refractivity contribution in [2.45, 2.75) is 42.8 Å². The monoisotopic (exact) mass is 290 g/mol. The maximum Gasteiger partial charge on any atom is 0.137 e. The average molecular weight is 290 g/mol. The van der Waals surface area contributed by atoms with Gasteiger partial charge in [-0.2, -0.15) is 0 Å². The fraction of sp³-hybridized carbons (Fsp3) is 0.312. The third-order valence-corrected chi connectivity index (χ3v) is 3.81. The molecule has 0 amide bonds. The van der Waals surface area contributed by atoms with Crippen molar-refractivity contribution in [3.8, 4) is 0 Å². The quantitative estimate of drug-likeness (QED) is 0.910. The molecular weight excluding hydrogens is 271 g/mol. The molecule has 1 aromatic heterocycles. The largest absolute Gasteiger partial charge is 0.308 e. The van der Waals surface area contributed by atoms with E-state index in [1.54, 1.807) is 12.3 Å². The fourth-order valence-electron chi connectivity index (χ4n) is 1.68. The van der Waals surface area contributed by atoms with Crippen molar-refractivity contribution in [3.63, 3.8) is 0 Å². The van der Waals surface area contributed by atoms with E-state index in [2.05, 4.69) is 31.1 Å². The highest BCUT2D eigenvalue weighted by molar-refractivity contribution is 7.99. The molecule has 4 heteroatoms. The first-order valence-corrected chi connectivity index (χ1v) is 7.39. The molecule has 20 heavy (non-hydrogen) atoms. The lowest BCUT2D eigenvalue weighted by Gasteiger charge is -2.21. The SMILES string of the molecule is CC(C)(C)NCc1cccc(F)c1Sc1ccccn1. The fourth-order valence-corrected chi connectivity index (χ4v) is 2.59. The number of benzene rings is 1. The number of nitrogens with one attached hydrogen (secondary N) is 1. The van der Waals surface area contributed by atoms with Crippen LogP contribution in [0.5, 0.6) is 0 Å². The molecular formula is C16H19FN2S. The van der Waals surface area contributed by atoms with Crippen LogP contribution in [0.4, 0.5) is 4.39 Å². The highest BCUT2D eigenvalue weighted by Gasteiger charge is 2.14. The summed E-state index contributed by atoms with van der Waals surface area (Å²) in [5.74, 6) is -0.200. The van der Waals surface area contributed by atoms with Gasteiger partial charge in [-0.25, -0.2) is 9.37 Å². The number of aromatic nitrogens is 1. The zero-order valence-electron chi connectivity index (χ0n) is 12.0. The van der Waals surface area contributed by atoms with Crippen LogP contribution in [-0.4, -0.2) is 10.5 Å². The number of pyridine rings is 1. The summed E-state index contributed by atoms with van der Waals surface area (Å²) in [5, 5.41) is 4.19. The lowest BCUT2D eigenvalue weighted by atomic mass is 10.1. The second-order valence-corrected chi connectivity index (χ2v) is 6.63. The minimum absolute atomic E-state index is 0.000743. The van der Waals surface area contributed by atoms with E-state index in [-0.39, 0.29) is 11.4 Å². The summed E-state index contributed by atoms with van der Waals surface area (Å²) in [6.45, 7) is 6.92. The van der Waals surface area contributed by atoms with Gasteiger partial charge in [-0.3, -0.25) is 0 Å². The van der Waals surface area contributed by atoms with Gasteiger partial charge >= 0.3 is 0 Å². The van der Waals surface area contributed by atoms with E-state index in [0.717, 1.165) is 10.6 Å². The number of nitrogens with zero attached hydrogens (tertiary/aromatic N) is 1. The Morgan fingerprint density at radius 3 is 2.60 bits per heavy atom. The van der Waals surface area contributed by atoms with Crippen molar-refractivity contribution >= 4 is 11.8 Å². The topological polar surface area (TPSA) is 24.9 Å². The van der Waals surface area contributed by atoms with Crippen LogP contribution in [0.1, 0.15) is 26.3 Å². The molecule has 1 aromatic carbocycles. The highest BCUT2D eigenvalue weighted by atomic mass is 32.2. The van der Waals surface area contributed by atoms with Crippen molar-refractivity contribution in [2.24, 2.45) is 0 Å². The van der Waals surface area contributed by atoms with Gasteiger partial charge < -0.3 is 5.32 Å². The van der Waals surface area contributed by atoms with Crippen LogP contribution in [0.2, 0.25) is 0 Å². The molecule has 2 rings (SSSR count). The summed E-state index contributed by atoms with van der Waals surface area (Å²) >= 11 is 1.37. The van der Waals surface area contributed by atoms with Crippen LogP contribution in [0.25, 0.3) is 0 Å². The Labute approximate surface area is 123 Å². The first-order chi connectivity index (χ1) is 9.46. The van der Waals surface area contributed by atoms with Gasteiger partial charge in [-0.1, -0.05) is 30.0 Å². The summed E-state index contributed by atoms with van der Waals surface area (Å²) in [6, 6.07) is 10.8. The van der Waals surface area contributed by atoms with Gasteiger partial charge in [-0.15, -0.1) is 0 Å². The predicted octanol–water partition coefficient (Wildman–Crippen LogP) is 4.26. The summed E-state index contributed by atoms with van der Waals surface area (Å²) in [7, 11) is 0. The van der Waals surface area contributed by atoms with Gasteiger partial charge in [0.15, 0.2) is 0 Å². The van der Waals surface area contributed by atoms with Gasteiger partial charge in [0.2, 0.25) is 0 Å². The normalized spacial score (nSPS) is 11.6. The van der Waals surface area contributed by atoms with Crippen LogP contribution in [0.3, 0.4) is 0 Å². The molecule has 0 spiro atoms. The van der Waals surface area contributed by atoms with E-state index in [1.807, 2.05) is 24.3 Å². The zero-order valence-corrected chi connectivity index (χ0v) is 12.8. The number of hydrogen-bond donors (Lipinski definition) is 1. The Hall–Kier alpha value is -1.39. The molecule has 0 aliphatic carbocycles. The molecule has 0 bridgehead atoms. The number of hydrogen-bond acceptors (Lipinski definition) is 3. The molecule has 0 saturated carbocycles. The molecule has 0 saturated heterocycles. The van der Waals surface area contributed by atoms with E-state index >= 15 is 0 Å². The van der Waals surface area contributed by atoms with Gasteiger partial charge in [0.25, 0.3) is 0 Å². The molecule has 2 aromatic rings. The Bertz CT molecular complexity index is 564. The van der Waals surface area contributed by atoms with Gasteiger partial charge in [0.1, 0.15) is 10.8 Å². The second-order valence-electron chi connectivity index (χ2n) is 5.60. The molecule has 0 aliphatic heterocycles. The number of rotatable bonds is 4. The minimum Gasteiger partial charge on any atom is -0.308 e. The minimum atomic E-state index is -0.200. The van der Waals surface area contributed by atoms with Crippen LogP contribution < -0.4 is 5.32 Å². The van der Waals surface area contributed by atoms with Gasteiger partial charge in [-0.05, 0) is 44.5 Å². The third-order valence-electron chi connectivity index (χ3n) is 2.70. The summed E-state index contributed by atoms with van der Waals surface area (Å²) in [5.41, 5.74) is 0.953. The average Bonchev–Trinajstić information content (AvgIpc) is 2.40. The van der Waals surface area contributed by atoms with Crippen molar-refractivity contribution in [1.82, 2.24) is 10.3 Å². The Morgan fingerprint density at radius 2 is 1.95 bits per heavy atom. The molecule has 0 fully saturated rings.